The first kappa shape index (κ1) is 21.2. The molecule has 32 heavy (non-hydrogen) atoms. The van der Waals surface area contributed by atoms with Gasteiger partial charge in [-0.05, 0) is 52.2 Å². The van der Waals surface area contributed by atoms with Gasteiger partial charge in [-0.3, -0.25) is 4.98 Å². The number of hydrogen-bond acceptors (Lipinski definition) is 7. The first-order valence-corrected chi connectivity index (χ1v) is 11.6. The molecule has 170 valence electrons. The van der Waals surface area contributed by atoms with Crippen molar-refractivity contribution >= 4 is 16.7 Å². The van der Waals surface area contributed by atoms with Crippen LogP contribution in [0.2, 0.25) is 0 Å². The maximum Gasteiger partial charge on any atom is 0.150 e. The number of aromatic nitrogens is 4. The largest absolute Gasteiger partial charge is 0.490 e. The van der Waals surface area contributed by atoms with Crippen molar-refractivity contribution in [2.75, 3.05) is 31.3 Å². The van der Waals surface area contributed by atoms with Gasteiger partial charge in [0.05, 0.1) is 31.1 Å². The van der Waals surface area contributed by atoms with Crippen molar-refractivity contribution in [1.29, 1.82) is 0 Å². The van der Waals surface area contributed by atoms with Crippen LogP contribution in [0.1, 0.15) is 46.3 Å². The third-order valence-electron chi connectivity index (χ3n) is 6.04. The quantitative estimate of drug-likeness (QED) is 0.592. The Kier molecular flexibility index (Phi) is 5.97. The fourth-order valence-electron chi connectivity index (χ4n) is 4.51. The second-order valence-electron chi connectivity index (χ2n) is 8.80. The first-order chi connectivity index (χ1) is 15.6. The minimum absolute atomic E-state index is 0.0494. The van der Waals surface area contributed by atoms with Gasteiger partial charge in [0.25, 0.3) is 0 Å². The number of ether oxygens (including phenoxy) is 3. The first-order valence-electron chi connectivity index (χ1n) is 11.6. The molecule has 0 spiro atoms. The summed E-state index contributed by atoms with van der Waals surface area (Å²) in [6.45, 7) is 9.18. The number of nitrogens with zero attached hydrogens (tertiary/aromatic N) is 5. The molecule has 2 fully saturated rings. The van der Waals surface area contributed by atoms with Crippen LogP contribution in [0, 0.1) is 0 Å². The lowest BCUT2D eigenvalue weighted by Crippen LogP contribution is -2.44. The molecule has 2 saturated heterocycles. The lowest BCUT2D eigenvalue weighted by Gasteiger charge is -2.34. The summed E-state index contributed by atoms with van der Waals surface area (Å²) in [4.78, 5) is 12.1. The van der Waals surface area contributed by atoms with E-state index in [9.17, 15) is 0 Å². The Hall–Kier alpha value is -2.71. The lowest BCUT2D eigenvalue weighted by atomic mass is 10.1. The number of fused-ring (bicyclic) bond motifs is 1. The molecular weight excluding hydrogens is 406 g/mol. The summed E-state index contributed by atoms with van der Waals surface area (Å²) >= 11 is 0. The Morgan fingerprint density at radius 3 is 2.84 bits per heavy atom. The normalized spacial score (nSPS) is 21.9. The topological polar surface area (TPSA) is 74.5 Å². The van der Waals surface area contributed by atoms with Gasteiger partial charge in [-0.1, -0.05) is 0 Å². The number of hydrogen-bond donors (Lipinski definition) is 0. The lowest BCUT2D eigenvalue weighted by molar-refractivity contribution is -0.0383. The minimum atomic E-state index is -0.0698. The highest BCUT2D eigenvalue weighted by Crippen LogP contribution is 2.36. The number of anilines is 1. The highest BCUT2D eigenvalue weighted by Gasteiger charge is 2.25. The monoisotopic (exact) mass is 437 g/mol. The maximum atomic E-state index is 6.24. The van der Waals surface area contributed by atoms with E-state index in [0.717, 1.165) is 66.3 Å². The summed E-state index contributed by atoms with van der Waals surface area (Å²) in [5.41, 5.74) is 2.53. The Labute approximate surface area is 188 Å². The molecule has 1 unspecified atom stereocenters. The minimum Gasteiger partial charge on any atom is -0.490 e. The van der Waals surface area contributed by atoms with Gasteiger partial charge in [-0.2, -0.15) is 5.10 Å². The maximum absolute atomic E-state index is 6.24. The molecule has 0 saturated carbocycles. The van der Waals surface area contributed by atoms with E-state index in [-0.39, 0.29) is 18.4 Å². The molecule has 2 aliphatic rings. The smallest absolute Gasteiger partial charge is 0.150 e. The molecule has 2 aliphatic heterocycles. The zero-order valence-electron chi connectivity index (χ0n) is 19.0. The summed E-state index contributed by atoms with van der Waals surface area (Å²) in [7, 11) is 0. The standard InChI is InChI=1S/C24H31N5O3/c1-16(2)32-20-14-21(28-11-13-30-15-17(28)3)27-23-18(20)7-9-25-24(23)19-8-10-26-29(19)22-6-4-5-12-31-22/h7-10,14,16-17,22H,4-6,11-13,15H2,1-3H3/t17-,22?/m0/s1. The van der Waals surface area contributed by atoms with Crippen LogP contribution in [0.3, 0.4) is 0 Å². The summed E-state index contributed by atoms with van der Waals surface area (Å²) in [5, 5.41) is 5.53. The van der Waals surface area contributed by atoms with Crippen LogP contribution in [-0.2, 0) is 9.47 Å². The molecule has 5 heterocycles. The molecule has 0 aliphatic carbocycles. The van der Waals surface area contributed by atoms with Gasteiger partial charge in [0.2, 0.25) is 0 Å². The molecule has 0 N–H and O–H groups in total. The van der Waals surface area contributed by atoms with E-state index in [1.165, 1.54) is 0 Å². The van der Waals surface area contributed by atoms with E-state index in [1.54, 1.807) is 0 Å². The van der Waals surface area contributed by atoms with Crippen molar-refractivity contribution in [1.82, 2.24) is 19.7 Å². The van der Waals surface area contributed by atoms with Crippen LogP contribution in [0.5, 0.6) is 5.75 Å². The van der Waals surface area contributed by atoms with E-state index in [0.29, 0.717) is 13.2 Å². The van der Waals surface area contributed by atoms with E-state index in [1.807, 2.05) is 43.1 Å². The van der Waals surface area contributed by atoms with Gasteiger partial charge >= 0.3 is 0 Å². The zero-order valence-corrected chi connectivity index (χ0v) is 19.0. The highest BCUT2D eigenvalue weighted by atomic mass is 16.5. The van der Waals surface area contributed by atoms with Crippen LogP contribution in [0.4, 0.5) is 5.82 Å². The van der Waals surface area contributed by atoms with Crippen LogP contribution < -0.4 is 9.64 Å². The predicted octanol–water partition coefficient (Wildman–Crippen LogP) is 4.20. The molecule has 3 aromatic rings. The summed E-state index contributed by atoms with van der Waals surface area (Å²) in [6, 6.07) is 6.26. The molecule has 2 atom stereocenters. The fourth-order valence-corrected chi connectivity index (χ4v) is 4.51. The van der Waals surface area contributed by atoms with Gasteiger partial charge in [-0.25, -0.2) is 9.67 Å². The van der Waals surface area contributed by atoms with Gasteiger partial charge < -0.3 is 19.1 Å². The fraction of sp³-hybridized carbons (Fsp3) is 0.542. The van der Waals surface area contributed by atoms with Gasteiger partial charge in [0.15, 0.2) is 6.23 Å². The van der Waals surface area contributed by atoms with Crippen molar-refractivity contribution in [2.45, 2.75) is 58.4 Å². The Balaban J connectivity index is 1.66. The van der Waals surface area contributed by atoms with Crippen LogP contribution >= 0.6 is 0 Å². The summed E-state index contributed by atoms with van der Waals surface area (Å²) in [5.74, 6) is 1.71. The number of rotatable bonds is 5. The molecule has 3 aromatic heterocycles. The highest BCUT2D eigenvalue weighted by molar-refractivity contribution is 5.95. The molecule has 0 radical (unpaired) electrons. The Morgan fingerprint density at radius 1 is 1.16 bits per heavy atom. The third-order valence-corrected chi connectivity index (χ3v) is 6.04. The molecule has 0 amide bonds. The third kappa shape index (κ3) is 4.04. The van der Waals surface area contributed by atoms with E-state index in [2.05, 4.69) is 23.0 Å². The van der Waals surface area contributed by atoms with E-state index in [4.69, 9.17) is 24.2 Å². The van der Waals surface area contributed by atoms with Gasteiger partial charge in [-0.15, -0.1) is 0 Å². The van der Waals surface area contributed by atoms with Crippen LogP contribution in [0.15, 0.2) is 30.6 Å². The van der Waals surface area contributed by atoms with Crippen molar-refractivity contribution in [2.24, 2.45) is 0 Å². The zero-order chi connectivity index (χ0) is 22.1. The molecule has 5 rings (SSSR count). The van der Waals surface area contributed by atoms with Gasteiger partial charge in [0, 0.05) is 37.0 Å². The van der Waals surface area contributed by atoms with Crippen molar-refractivity contribution < 1.29 is 14.2 Å². The van der Waals surface area contributed by atoms with Crippen LogP contribution in [0.25, 0.3) is 22.3 Å². The summed E-state index contributed by atoms with van der Waals surface area (Å²) in [6.07, 6.45) is 6.79. The second-order valence-corrected chi connectivity index (χ2v) is 8.80. The van der Waals surface area contributed by atoms with Crippen molar-refractivity contribution in [3.8, 4) is 17.1 Å². The van der Waals surface area contributed by atoms with Crippen LogP contribution in [-0.4, -0.2) is 58.3 Å². The number of pyridine rings is 2. The molecule has 8 nitrogen and oxygen atoms in total. The molecule has 0 aromatic carbocycles. The molecule has 8 heteroatoms. The SMILES string of the molecule is CC(C)Oc1cc(N2CCOC[C@@H]2C)nc2c(-c3ccnn3C3CCCCO3)nccc12. The van der Waals surface area contributed by atoms with Crippen molar-refractivity contribution in [3.63, 3.8) is 0 Å². The van der Waals surface area contributed by atoms with Crippen molar-refractivity contribution in [3.05, 3.63) is 30.6 Å². The van der Waals surface area contributed by atoms with Gasteiger partial charge in [0.1, 0.15) is 22.8 Å². The second kappa shape index (κ2) is 9.03. The summed E-state index contributed by atoms with van der Waals surface area (Å²) < 4.78 is 19.8. The molecule has 0 bridgehead atoms. The van der Waals surface area contributed by atoms with E-state index >= 15 is 0 Å². The number of morpholine rings is 1. The average Bonchev–Trinajstić information content (AvgIpc) is 3.29. The van der Waals surface area contributed by atoms with E-state index < -0.39 is 0 Å². The predicted molar refractivity (Wildman–Crippen MR) is 123 cm³/mol. The Morgan fingerprint density at radius 2 is 2.06 bits per heavy atom. The Bertz CT molecular complexity index is 1080. The average molecular weight is 438 g/mol. The molecular formula is C24H31N5O3.